The molecule has 1 aromatic rings. The molecule has 5 heteroatoms. The minimum atomic E-state index is -0.463. The van der Waals surface area contributed by atoms with Gasteiger partial charge >= 0.3 is 0 Å². The summed E-state index contributed by atoms with van der Waals surface area (Å²) in [5.74, 6) is 0.401. The van der Waals surface area contributed by atoms with E-state index >= 15 is 0 Å². The van der Waals surface area contributed by atoms with Crippen molar-refractivity contribution in [1.82, 2.24) is 0 Å². The van der Waals surface area contributed by atoms with E-state index in [0.29, 0.717) is 12.1 Å². The fourth-order valence-electron chi connectivity index (χ4n) is 1.46. The average molecular weight is 252 g/mol. The van der Waals surface area contributed by atoms with Gasteiger partial charge in [-0.2, -0.15) is 11.8 Å². The fraction of sp³-hybridized carbons (Fsp3) is 0.333. The highest BCUT2D eigenvalue weighted by Crippen LogP contribution is 2.16. The molecular formula is C12H16N2O2S. The van der Waals surface area contributed by atoms with E-state index in [4.69, 9.17) is 5.73 Å². The molecule has 0 spiro atoms. The Bertz CT molecular complexity index is 403. The minimum absolute atomic E-state index is 0.00845. The molecule has 0 heterocycles. The van der Waals surface area contributed by atoms with Gasteiger partial charge in [-0.05, 0) is 30.5 Å². The predicted molar refractivity (Wildman–Crippen MR) is 71.4 cm³/mol. The molecule has 4 nitrogen and oxygen atoms in total. The van der Waals surface area contributed by atoms with Crippen LogP contribution in [0.15, 0.2) is 24.3 Å². The topological polar surface area (TPSA) is 63.4 Å². The number of carbonyl (C=O) groups excluding carboxylic acids is 2. The maximum absolute atomic E-state index is 11.5. The van der Waals surface area contributed by atoms with Gasteiger partial charge in [-0.1, -0.05) is 0 Å². The molecule has 0 unspecified atom stereocenters. The van der Waals surface area contributed by atoms with Crippen LogP contribution in [-0.4, -0.2) is 30.4 Å². The van der Waals surface area contributed by atoms with Crippen molar-refractivity contribution in [2.45, 2.75) is 6.92 Å². The lowest BCUT2D eigenvalue weighted by atomic mass is 10.2. The number of amides is 2. The molecule has 0 aliphatic carbocycles. The number of nitrogens with two attached hydrogens (primary N) is 1. The molecule has 0 saturated carbocycles. The van der Waals surface area contributed by atoms with Gasteiger partial charge in [0.2, 0.25) is 11.8 Å². The summed E-state index contributed by atoms with van der Waals surface area (Å²) in [7, 11) is 0. The molecule has 1 rings (SSSR count). The van der Waals surface area contributed by atoms with E-state index in [1.807, 2.05) is 6.26 Å². The summed E-state index contributed by atoms with van der Waals surface area (Å²) >= 11 is 1.68. The zero-order valence-corrected chi connectivity index (χ0v) is 10.8. The van der Waals surface area contributed by atoms with Gasteiger partial charge in [0.25, 0.3) is 0 Å². The van der Waals surface area contributed by atoms with Gasteiger partial charge in [-0.25, -0.2) is 0 Å². The highest BCUT2D eigenvalue weighted by atomic mass is 32.2. The zero-order valence-electron chi connectivity index (χ0n) is 9.97. The molecule has 0 atom stereocenters. The number of thioether (sulfide) groups is 1. The van der Waals surface area contributed by atoms with Crippen LogP contribution in [0.25, 0.3) is 0 Å². The van der Waals surface area contributed by atoms with Gasteiger partial charge in [0.1, 0.15) is 0 Å². The number of hydrogen-bond acceptors (Lipinski definition) is 3. The monoisotopic (exact) mass is 252 g/mol. The van der Waals surface area contributed by atoms with Crippen LogP contribution in [0.5, 0.6) is 0 Å². The Hall–Kier alpha value is -1.49. The third kappa shape index (κ3) is 3.78. The second kappa shape index (κ2) is 6.30. The molecular weight excluding hydrogens is 236 g/mol. The van der Waals surface area contributed by atoms with Crippen LogP contribution < -0.4 is 10.6 Å². The number of hydrogen-bond donors (Lipinski definition) is 1. The normalized spacial score (nSPS) is 10.0. The van der Waals surface area contributed by atoms with Crippen molar-refractivity contribution < 1.29 is 9.59 Å². The molecule has 17 heavy (non-hydrogen) atoms. The number of nitrogens with zero attached hydrogens (tertiary/aromatic N) is 1. The molecule has 0 fully saturated rings. The van der Waals surface area contributed by atoms with Gasteiger partial charge < -0.3 is 10.6 Å². The van der Waals surface area contributed by atoms with Crippen molar-refractivity contribution in [1.29, 1.82) is 0 Å². The van der Waals surface area contributed by atoms with Gasteiger partial charge in [-0.3, -0.25) is 9.59 Å². The summed E-state index contributed by atoms with van der Waals surface area (Å²) in [6.07, 6.45) is 1.99. The molecule has 1 aromatic carbocycles. The van der Waals surface area contributed by atoms with Crippen LogP contribution in [0.4, 0.5) is 5.69 Å². The Morgan fingerprint density at radius 1 is 1.29 bits per heavy atom. The minimum Gasteiger partial charge on any atom is -0.366 e. The quantitative estimate of drug-likeness (QED) is 0.863. The van der Waals surface area contributed by atoms with Crippen LogP contribution in [0, 0.1) is 0 Å². The van der Waals surface area contributed by atoms with Crippen molar-refractivity contribution in [3.63, 3.8) is 0 Å². The van der Waals surface area contributed by atoms with Crippen LogP contribution in [0.3, 0.4) is 0 Å². The van der Waals surface area contributed by atoms with Gasteiger partial charge in [-0.15, -0.1) is 0 Å². The number of rotatable bonds is 5. The molecule has 0 aromatic heterocycles. The molecule has 0 saturated heterocycles. The summed E-state index contributed by atoms with van der Waals surface area (Å²) in [5.41, 5.74) is 6.39. The molecule has 0 bridgehead atoms. The number of anilines is 1. The maximum atomic E-state index is 11.5. The first-order chi connectivity index (χ1) is 8.06. The SMILES string of the molecule is CSCCN(C(C)=O)c1ccc(C(N)=O)cc1. The largest absolute Gasteiger partial charge is 0.366 e. The van der Waals surface area contributed by atoms with Gasteiger partial charge in [0.05, 0.1) is 0 Å². The zero-order chi connectivity index (χ0) is 12.8. The van der Waals surface area contributed by atoms with Crippen molar-refractivity contribution in [2.24, 2.45) is 5.73 Å². The number of benzene rings is 1. The lowest BCUT2D eigenvalue weighted by molar-refractivity contribution is -0.116. The first kappa shape index (κ1) is 13.6. The highest BCUT2D eigenvalue weighted by molar-refractivity contribution is 7.98. The second-order valence-electron chi connectivity index (χ2n) is 3.57. The molecule has 2 amide bonds. The highest BCUT2D eigenvalue weighted by Gasteiger charge is 2.11. The molecule has 2 N–H and O–H groups in total. The van der Waals surface area contributed by atoms with Crippen molar-refractivity contribution in [2.75, 3.05) is 23.5 Å². The summed E-state index contributed by atoms with van der Waals surface area (Å²) < 4.78 is 0. The summed E-state index contributed by atoms with van der Waals surface area (Å²) in [5, 5.41) is 0. The van der Waals surface area contributed by atoms with Crippen molar-refractivity contribution in [3.05, 3.63) is 29.8 Å². The summed E-state index contributed by atoms with van der Waals surface area (Å²) in [6, 6.07) is 6.74. The third-order valence-corrected chi connectivity index (χ3v) is 2.95. The molecule has 0 aliphatic heterocycles. The molecule has 0 radical (unpaired) electrons. The van der Waals surface area contributed by atoms with Crippen LogP contribution in [0.2, 0.25) is 0 Å². The van der Waals surface area contributed by atoms with E-state index in [1.54, 1.807) is 40.9 Å². The Kier molecular flexibility index (Phi) is 5.03. The van der Waals surface area contributed by atoms with E-state index < -0.39 is 5.91 Å². The second-order valence-corrected chi connectivity index (χ2v) is 4.56. The van der Waals surface area contributed by atoms with E-state index in [1.165, 1.54) is 6.92 Å². The first-order valence-electron chi connectivity index (χ1n) is 5.23. The summed E-state index contributed by atoms with van der Waals surface area (Å²) in [6.45, 7) is 2.19. The number of carbonyl (C=O) groups is 2. The van der Waals surface area contributed by atoms with Crippen LogP contribution >= 0.6 is 11.8 Å². The van der Waals surface area contributed by atoms with E-state index in [-0.39, 0.29) is 5.91 Å². The Morgan fingerprint density at radius 2 is 1.88 bits per heavy atom. The van der Waals surface area contributed by atoms with E-state index in [9.17, 15) is 9.59 Å². The summed E-state index contributed by atoms with van der Waals surface area (Å²) in [4.78, 5) is 24.1. The van der Waals surface area contributed by atoms with Gasteiger partial charge in [0, 0.05) is 30.5 Å². The molecule has 0 aliphatic rings. The van der Waals surface area contributed by atoms with Crippen molar-refractivity contribution >= 4 is 29.3 Å². The fourth-order valence-corrected chi connectivity index (χ4v) is 1.82. The number of primary amides is 1. The predicted octanol–water partition coefficient (Wildman–Crippen LogP) is 1.50. The smallest absolute Gasteiger partial charge is 0.248 e. The standard InChI is InChI=1S/C12H16N2O2S/c1-9(15)14(7-8-17-2)11-5-3-10(4-6-11)12(13)16/h3-6H,7-8H2,1-2H3,(H2,13,16). The van der Waals surface area contributed by atoms with E-state index in [2.05, 4.69) is 0 Å². The van der Waals surface area contributed by atoms with Crippen LogP contribution in [0.1, 0.15) is 17.3 Å². The van der Waals surface area contributed by atoms with Crippen molar-refractivity contribution in [3.8, 4) is 0 Å². The third-order valence-electron chi connectivity index (χ3n) is 2.36. The average Bonchev–Trinajstić information content (AvgIpc) is 2.29. The van der Waals surface area contributed by atoms with Crippen LogP contribution in [-0.2, 0) is 4.79 Å². The Morgan fingerprint density at radius 3 is 2.29 bits per heavy atom. The van der Waals surface area contributed by atoms with E-state index in [0.717, 1.165) is 11.4 Å². The first-order valence-corrected chi connectivity index (χ1v) is 6.62. The van der Waals surface area contributed by atoms with Gasteiger partial charge in [0.15, 0.2) is 0 Å². The Labute approximate surface area is 105 Å². The Balaban J connectivity index is 2.87. The lowest BCUT2D eigenvalue weighted by Crippen LogP contribution is -2.30. The molecule has 92 valence electrons. The lowest BCUT2D eigenvalue weighted by Gasteiger charge is -2.20. The maximum Gasteiger partial charge on any atom is 0.248 e.